The molecule has 0 saturated heterocycles. The van der Waals surface area contributed by atoms with Crippen molar-refractivity contribution in [2.24, 2.45) is 0 Å². The van der Waals surface area contributed by atoms with Gasteiger partial charge in [-0.15, -0.1) is 0 Å². The number of hydrogen-bond acceptors (Lipinski definition) is 4. The summed E-state index contributed by atoms with van der Waals surface area (Å²) in [5.74, 6) is 0.331. The largest absolute Gasteiger partial charge is 0.485 e. The van der Waals surface area contributed by atoms with Crippen LogP contribution < -0.4 is 10.1 Å². The zero-order valence-electron chi connectivity index (χ0n) is 9.53. The van der Waals surface area contributed by atoms with Crippen molar-refractivity contribution in [3.05, 3.63) is 33.9 Å². The van der Waals surface area contributed by atoms with Gasteiger partial charge in [-0.2, -0.15) is 0 Å². The average Bonchev–Trinajstić information content (AvgIpc) is 2.29. The highest BCUT2D eigenvalue weighted by molar-refractivity contribution is 5.48. The Labute approximate surface area is 94.6 Å². The van der Waals surface area contributed by atoms with Crippen molar-refractivity contribution >= 4 is 5.69 Å². The standard InChI is InChI=1S/C11H16N2O3/c1-3-9-4-5-11(16-7-6-12-2)10(8-9)13(14)15/h4-5,8,12H,3,6-7H2,1-2H3. The molecule has 0 radical (unpaired) electrons. The molecule has 0 aromatic heterocycles. The fraction of sp³-hybridized carbons (Fsp3) is 0.455. The van der Waals surface area contributed by atoms with Crippen molar-refractivity contribution < 1.29 is 9.66 Å². The number of hydrogen-bond donors (Lipinski definition) is 1. The van der Waals surface area contributed by atoms with Gasteiger partial charge in [-0.1, -0.05) is 13.0 Å². The van der Waals surface area contributed by atoms with E-state index >= 15 is 0 Å². The lowest BCUT2D eigenvalue weighted by atomic mass is 10.1. The van der Waals surface area contributed by atoms with Crippen LogP contribution in [0.25, 0.3) is 0 Å². The predicted octanol–water partition coefficient (Wildman–Crippen LogP) is 1.76. The van der Waals surface area contributed by atoms with Crippen molar-refractivity contribution in [1.82, 2.24) is 5.32 Å². The van der Waals surface area contributed by atoms with E-state index in [0.717, 1.165) is 12.0 Å². The zero-order chi connectivity index (χ0) is 12.0. The lowest BCUT2D eigenvalue weighted by molar-refractivity contribution is -0.385. The summed E-state index contributed by atoms with van der Waals surface area (Å²) in [6.07, 6.45) is 0.775. The summed E-state index contributed by atoms with van der Waals surface area (Å²) in [6, 6.07) is 5.07. The topological polar surface area (TPSA) is 64.4 Å². The Bertz CT molecular complexity index is 366. The maximum absolute atomic E-state index is 10.8. The molecule has 0 saturated carbocycles. The van der Waals surface area contributed by atoms with Crippen LogP contribution in [-0.4, -0.2) is 25.1 Å². The number of nitrogens with one attached hydrogen (secondary N) is 1. The molecule has 1 rings (SSSR count). The summed E-state index contributed by atoms with van der Waals surface area (Å²) in [6.45, 7) is 3.04. The van der Waals surface area contributed by atoms with Gasteiger partial charge in [0.1, 0.15) is 6.61 Å². The molecule has 0 bridgehead atoms. The van der Waals surface area contributed by atoms with Crippen LogP contribution in [0.1, 0.15) is 12.5 Å². The third kappa shape index (κ3) is 3.20. The first kappa shape index (κ1) is 12.4. The van der Waals surface area contributed by atoms with Gasteiger partial charge in [-0.25, -0.2) is 0 Å². The van der Waals surface area contributed by atoms with Crippen molar-refractivity contribution in [3.63, 3.8) is 0 Å². The molecule has 1 aromatic carbocycles. The first-order valence-electron chi connectivity index (χ1n) is 5.23. The summed E-state index contributed by atoms with van der Waals surface area (Å²) in [7, 11) is 1.80. The molecule has 0 fully saturated rings. The van der Waals surface area contributed by atoms with E-state index in [1.54, 1.807) is 19.2 Å². The molecule has 0 aliphatic carbocycles. The first-order valence-corrected chi connectivity index (χ1v) is 5.23. The molecular weight excluding hydrogens is 208 g/mol. The number of aryl methyl sites for hydroxylation is 1. The highest BCUT2D eigenvalue weighted by Crippen LogP contribution is 2.27. The number of rotatable bonds is 6. The number of benzene rings is 1. The van der Waals surface area contributed by atoms with Crippen LogP contribution in [0.15, 0.2) is 18.2 Å². The lowest BCUT2D eigenvalue weighted by Gasteiger charge is -2.07. The van der Waals surface area contributed by atoms with E-state index in [4.69, 9.17) is 4.74 Å². The highest BCUT2D eigenvalue weighted by Gasteiger charge is 2.15. The molecule has 1 N–H and O–H groups in total. The Morgan fingerprint density at radius 2 is 2.25 bits per heavy atom. The van der Waals surface area contributed by atoms with Gasteiger partial charge in [-0.05, 0) is 25.1 Å². The Hall–Kier alpha value is -1.62. The van der Waals surface area contributed by atoms with Gasteiger partial charge in [0, 0.05) is 12.6 Å². The summed E-state index contributed by atoms with van der Waals surface area (Å²) < 4.78 is 5.33. The van der Waals surface area contributed by atoms with Crippen LogP contribution in [-0.2, 0) is 6.42 Å². The highest BCUT2D eigenvalue weighted by atomic mass is 16.6. The van der Waals surface area contributed by atoms with Gasteiger partial charge in [0.15, 0.2) is 5.75 Å². The number of nitro benzene ring substituents is 1. The van der Waals surface area contributed by atoms with Crippen LogP contribution in [0, 0.1) is 10.1 Å². The molecule has 88 valence electrons. The second-order valence-corrected chi connectivity index (χ2v) is 3.36. The maximum Gasteiger partial charge on any atom is 0.311 e. The molecule has 16 heavy (non-hydrogen) atoms. The van der Waals surface area contributed by atoms with E-state index < -0.39 is 4.92 Å². The molecule has 0 aliphatic rings. The van der Waals surface area contributed by atoms with Gasteiger partial charge in [0.2, 0.25) is 0 Å². The summed E-state index contributed by atoms with van der Waals surface area (Å²) in [5.41, 5.74) is 0.975. The van der Waals surface area contributed by atoms with E-state index in [1.165, 1.54) is 0 Å². The fourth-order valence-electron chi connectivity index (χ4n) is 1.31. The van der Waals surface area contributed by atoms with E-state index in [9.17, 15) is 10.1 Å². The summed E-state index contributed by atoms with van der Waals surface area (Å²) in [5, 5.41) is 13.7. The van der Waals surface area contributed by atoms with Crippen LogP contribution in [0.2, 0.25) is 0 Å². The predicted molar refractivity (Wildman–Crippen MR) is 61.9 cm³/mol. The van der Waals surface area contributed by atoms with Crippen LogP contribution in [0.3, 0.4) is 0 Å². The monoisotopic (exact) mass is 224 g/mol. The third-order valence-electron chi connectivity index (χ3n) is 2.24. The summed E-state index contributed by atoms with van der Waals surface area (Å²) >= 11 is 0. The average molecular weight is 224 g/mol. The van der Waals surface area contributed by atoms with Crippen molar-refractivity contribution in [3.8, 4) is 5.75 Å². The minimum Gasteiger partial charge on any atom is -0.485 e. The zero-order valence-corrected chi connectivity index (χ0v) is 9.53. The van der Waals surface area contributed by atoms with Gasteiger partial charge >= 0.3 is 5.69 Å². The Kier molecular flexibility index (Phi) is 4.72. The van der Waals surface area contributed by atoms with Crippen molar-refractivity contribution in [2.75, 3.05) is 20.2 Å². The molecule has 0 heterocycles. The molecule has 0 spiro atoms. The van der Waals surface area contributed by atoms with E-state index in [2.05, 4.69) is 5.32 Å². The number of likely N-dealkylation sites (N-methyl/N-ethyl adjacent to an activating group) is 1. The smallest absolute Gasteiger partial charge is 0.311 e. The van der Waals surface area contributed by atoms with Crippen molar-refractivity contribution in [1.29, 1.82) is 0 Å². The molecular formula is C11H16N2O3. The Balaban J connectivity index is 2.85. The van der Waals surface area contributed by atoms with Gasteiger partial charge < -0.3 is 10.1 Å². The number of nitro groups is 1. The second kappa shape index (κ2) is 6.07. The van der Waals surface area contributed by atoms with E-state index in [-0.39, 0.29) is 5.69 Å². The minimum absolute atomic E-state index is 0.0375. The molecule has 0 atom stereocenters. The van der Waals surface area contributed by atoms with Crippen LogP contribution in [0.4, 0.5) is 5.69 Å². The number of nitrogens with zero attached hydrogens (tertiary/aromatic N) is 1. The van der Waals surface area contributed by atoms with Crippen molar-refractivity contribution in [2.45, 2.75) is 13.3 Å². The quantitative estimate of drug-likeness (QED) is 0.454. The van der Waals surface area contributed by atoms with Gasteiger partial charge in [0.05, 0.1) is 4.92 Å². The third-order valence-corrected chi connectivity index (χ3v) is 2.24. The van der Waals surface area contributed by atoms with Gasteiger partial charge in [0.25, 0.3) is 0 Å². The normalized spacial score (nSPS) is 10.1. The molecule has 0 unspecified atom stereocenters. The van der Waals surface area contributed by atoms with E-state index in [1.807, 2.05) is 13.0 Å². The molecule has 0 amide bonds. The van der Waals surface area contributed by atoms with E-state index in [0.29, 0.717) is 18.9 Å². The molecule has 5 heteroatoms. The van der Waals surface area contributed by atoms with Gasteiger partial charge in [-0.3, -0.25) is 10.1 Å². The minimum atomic E-state index is -0.409. The lowest BCUT2D eigenvalue weighted by Crippen LogP contribution is -2.16. The Morgan fingerprint density at radius 3 is 2.81 bits per heavy atom. The fourth-order valence-corrected chi connectivity index (χ4v) is 1.31. The molecule has 1 aromatic rings. The van der Waals surface area contributed by atoms with Crippen LogP contribution >= 0.6 is 0 Å². The SMILES string of the molecule is CCc1ccc(OCCNC)c([N+](=O)[O-])c1. The second-order valence-electron chi connectivity index (χ2n) is 3.36. The molecule has 0 aliphatic heterocycles. The first-order chi connectivity index (χ1) is 7.69. The van der Waals surface area contributed by atoms with Crippen LogP contribution in [0.5, 0.6) is 5.75 Å². The Morgan fingerprint density at radius 1 is 1.50 bits per heavy atom. The summed E-state index contributed by atoms with van der Waals surface area (Å²) in [4.78, 5) is 10.4. The maximum atomic E-state index is 10.8. The number of ether oxygens (including phenoxy) is 1. The molecule has 5 nitrogen and oxygen atoms in total.